The molecule has 0 atom stereocenters. The molecule has 0 aliphatic heterocycles. The Labute approximate surface area is 199 Å². The Hall–Kier alpha value is -3.12. The smallest absolute Gasteiger partial charge is 0.339 e. The second kappa shape index (κ2) is 10.0. The zero-order chi connectivity index (χ0) is 23.3. The highest BCUT2D eigenvalue weighted by atomic mass is 79.9. The monoisotopic (exact) mass is 530 g/mol. The topological polar surface area (TPSA) is 96.3 Å². The fraction of sp³-hybridized carbons (Fsp3) is 0.0435. The molecule has 0 unspecified atom stereocenters. The third kappa shape index (κ3) is 5.98. The Bertz CT molecular complexity index is 1330. The van der Waals surface area contributed by atoms with Crippen LogP contribution < -0.4 is 9.50 Å². The summed E-state index contributed by atoms with van der Waals surface area (Å²) in [5, 5.41) is 12.6. The molecule has 0 saturated carbocycles. The van der Waals surface area contributed by atoms with Crippen molar-refractivity contribution in [2.45, 2.75) is 11.8 Å². The van der Waals surface area contributed by atoms with Gasteiger partial charge in [-0.1, -0.05) is 45.2 Å². The number of hydrogen-bond acceptors (Lipinski definition) is 5. The van der Waals surface area contributed by atoms with E-state index in [1.165, 1.54) is 24.3 Å². The molecule has 0 radical (unpaired) electrons. The molecular weight excluding hydrogens is 516 g/mol. The van der Waals surface area contributed by atoms with Gasteiger partial charge in [-0.15, -0.1) is 0 Å². The number of halogens is 2. The highest BCUT2D eigenvalue weighted by Gasteiger charge is 2.19. The van der Waals surface area contributed by atoms with Crippen LogP contribution in [0.2, 0.25) is 5.02 Å². The molecule has 0 aliphatic carbocycles. The molecule has 32 heavy (non-hydrogen) atoms. The van der Waals surface area contributed by atoms with Crippen LogP contribution in [-0.2, 0) is 14.9 Å². The molecular formula is C23H16BrClN2O4S. The number of nitrogens with zero attached hydrogens (tertiary/aromatic N) is 1. The second-order valence-electron chi connectivity index (χ2n) is 6.66. The quantitative estimate of drug-likeness (QED) is 0.249. The van der Waals surface area contributed by atoms with E-state index >= 15 is 0 Å². The molecule has 0 saturated heterocycles. The van der Waals surface area contributed by atoms with Gasteiger partial charge in [-0.3, -0.25) is 4.79 Å². The summed E-state index contributed by atoms with van der Waals surface area (Å²) in [6.45, 7) is 1.84. The first-order valence-electron chi connectivity index (χ1n) is 9.17. The van der Waals surface area contributed by atoms with Crippen molar-refractivity contribution in [1.29, 1.82) is 5.26 Å². The minimum atomic E-state index is -4.12. The minimum absolute atomic E-state index is 0.0121. The number of nitrogens with one attached hydrogen (secondary N) is 1. The molecule has 0 fully saturated rings. The van der Waals surface area contributed by atoms with Crippen molar-refractivity contribution in [3.05, 3.63) is 92.9 Å². The number of nitriles is 1. The van der Waals surface area contributed by atoms with Crippen molar-refractivity contribution in [1.82, 2.24) is 0 Å². The number of amides is 1. The first kappa shape index (κ1) is 23.5. The van der Waals surface area contributed by atoms with Crippen LogP contribution in [0.5, 0.6) is 5.75 Å². The molecule has 3 aromatic carbocycles. The van der Waals surface area contributed by atoms with Crippen LogP contribution in [0.4, 0.5) is 5.69 Å². The molecule has 1 amide bonds. The molecule has 6 nitrogen and oxygen atoms in total. The van der Waals surface area contributed by atoms with Crippen molar-refractivity contribution in [3.63, 3.8) is 0 Å². The zero-order valence-corrected chi connectivity index (χ0v) is 19.8. The zero-order valence-electron chi connectivity index (χ0n) is 16.7. The van der Waals surface area contributed by atoms with Crippen molar-refractivity contribution in [2.75, 3.05) is 5.32 Å². The van der Waals surface area contributed by atoms with E-state index in [0.717, 1.165) is 5.56 Å². The van der Waals surface area contributed by atoms with Gasteiger partial charge in [0.2, 0.25) is 0 Å². The highest BCUT2D eigenvalue weighted by molar-refractivity contribution is 9.10. The fourth-order valence-electron chi connectivity index (χ4n) is 2.61. The van der Waals surface area contributed by atoms with Gasteiger partial charge >= 0.3 is 10.1 Å². The van der Waals surface area contributed by atoms with Crippen LogP contribution in [-0.4, -0.2) is 14.3 Å². The van der Waals surface area contributed by atoms with Gasteiger partial charge < -0.3 is 9.50 Å². The summed E-state index contributed by atoms with van der Waals surface area (Å²) < 4.78 is 31.3. The molecule has 1 N–H and O–H groups in total. The number of benzene rings is 3. The van der Waals surface area contributed by atoms with Gasteiger partial charge in [0.1, 0.15) is 22.3 Å². The number of anilines is 1. The summed E-state index contributed by atoms with van der Waals surface area (Å²) in [6, 6.07) is 19.0. The van der Waals surface area contributed by atoms with Crippen molar-refractivity contribution >= 4 is 55.3 Å². The summed E-state index contributed by atoms with van der Waals surface area (Å²) in [4.78, 5) is 12.6. The summed E-state index contributed by atoms with van der Waals surface area (Å²) in [7, 11) is -4.12. The Morgan fingerprint density at radius 1 is 1.09 bits per heavy atom. The molecule has 9 heteroatoms. The van der Waals surface area contributed by atoms with Crippen LogP contribution in [0, 0.1) is 18.3 Å². The summed E-state index contributed by atoms with van der Waals surface area (Å²) in [5.41, 5.74) is 1.35. The van der Waals surface area contributed by atoms with Gasteiger partial charge in [-0.2, -0.15) is 13.7 Å². The van der Waals surface area contributed by atoms with Crippen molar-refractivity contribution < 1.29 is 17.4 Å². The lowest BCUT2D eigenvalue weighted by Crippen LogP contribution is -2.14. The maximum atomic E-state index is 12.7. The Balaban J connectivity index is 1.93. The van der Waals surface area contributed by atoms with Crippen LogP contribution in [0.15, 0.2) is 81.7 Å². The van der Waals surface area contributed by atoms with Crippen LogP contribution in [0.25, 0.3) is 6.08 Å². The van der Waals surface area contributed by atoms with E-state index in [2.05, 4.69) is 21.2 Å². The first-order chi connectivity index (χ1) is 15.2. The van der Waals surface area contributed by atoms with E-state index in [4.69, 9.17) is 15.8 Å². The van der Waals surface area contributed by atoms with E-state index in [-0.39, 0.29) is 21.8 Å². The number of carbonyl (C=O) groups is 1. The lowest BCUT2D eigenvalue weighted by atomic mass is 10.1. The molecule has 0 aliphatic rings. The summed E-state index contributed by atoms with van der Waals surface area (Å²) >= 11 is 9.15. The van der Waals surface area contributed by atoms with Gasteiger partial charge in [-0.25, -0.2) is 0 Å². The number of hydrogen-bond donors (Lipinski definition) is 1. The number of carbonyl (C=O) groups excluding carboxylic acids is 1. The van der Waals surface area contributed by atoms with Crippen molar-refractivity contribution in [3.8, 4) is 11.8 Å². The normalized spacial score (nSPS) is 11.5. The molecule has 3 aromatic rings. The third-order valence-corrected chi connectivity index (χ3v) is 6.24. The maximum absolute atomic E-state index is 12.7. The third-order valence-electron chi connectivity index (χ3n) is 4.25. The van der Waals surface area contributed by atoms with E-state index < -0.39 is 16.0 Å². The Morgan fingerprint density at radius 2 is 1.75 bits per heavy atom. The van der Waals surface area contributed by atoms with Gasteiger partial charge in [0.25, 0.3) is 5.91 Å². The molecule has 3 rings (SSSR count). The Morgan fingerprint density at radius 3 is 2.38 bits per heavy atom. The SMILES string of the molecule is Cc1ccc(S(=O)(=O)Oc2ccc(Br)cc2/C=C(\C#N)C(=O)Nc2ccc(Cl)cc2)cc1. The summed E-state index contributed by atoms with van der Waals surface area (Å²) in [5.74, 6) is -0.692. The molecule has 0 aromatic heterocycles. The predicted octanol–water partition coefficient (Wildman–Crippen LogP) is 5.72. The van der Waals surface area contributed by atoms with E-state index in [1.807, 2.05) is 13.0 Å². The number of rotatable bonds is 6. The fourth-order valence-corrected chi connectivity index (χ4v) is 4.07. The highest BCUT2D eigenvalue weighted by Crippen LogP contribution is 2.29. The van der Waals surface area contributed by atoms with Crippen LogP contribution >= 0.6 is 27.5 Å². The average Bonchev–Trinajstić information content (AvgIpc) is 2.75. The second-order valence-corrected chi connectivity index (χ2v) is 9.56. The predicted molar refractivity (Wildman–Crippen MR) is 127 cm³/mol. The molecule has 0 spiro atoms. The number of aryl methyl sites for hydroxylation is 1. The largest absolute Gasteiger partial charge is 0.378 e. The lowest BCUT2D eigenvalue weighted by Gasteiger charge is -2.11. The van der Waals surface area contributed by atoms with Gasteiger partial charge in [0.15, 0.2) is 0 Å². The van der Waals surface area contributed by atoms with E-state index in [9.17, 15) is 18.5 Å². The van der Waals surface area contributed by atoms with E-state index in [0.29, 0.717) is 15.2 Å². The average molecular weight is 532 g/mol. The first-order valence-corrected chi connectivity index (χ1v) is 11.8. The van der Waals surface area contributed by atoms with Gasteiger partial charge in [0, 0.05) is 20.7 Å². The maximum Gasteiger partial charge on any atom is 0.339 e. The molecule has 0 heterocycles. The van der Waals surface area contributed by atoms with Gasteiger partial charge in [-0.05, 0) is 67.6 Å². The van der Waals surface area contributed by atoms with E-state index in [1.54, 1.807) is 48.5 Å². The van der Waals surface area contributed by atoms with Crippen molar-refractivity contribution in [2.24, 2.45) is 0 Å². The molecule has 162 valence electrons. The standard InChI is InChI=1S/C23H16BrClN2O4S/c1-15-2-9-21(10-3-15)32(29,30)31-22-11-4-18(24)13-16(22)12-17(14-26)23(28)27-20-7-5-19(25)6-8-20/h2-13H,1H3,(H,27,28)/b17-12+. The molecule has 0 bridgehead atoms. The lowest BCUT2D eigenvalue weighted by molar-refractivity contribution is -0.112. The van der Waals surface area contributed by atoms with Crippen LogP contribution in [0.1, 0.15) is 11.1 Å². The Kier molecular flexibility index (Phi) is 7.36. The summed E-state index contributed by atoms with van der Waals surface area (Å²) in [6.07, 6.45) is 1.26. The van der Waals surface area contributed by atoms with Crippen LogP contribution in [0.3, 0.4) is 0 Å². The minimum Gasteiger partial charge on any atom is -0.378 e. The van der Waals surface area contributed by atoms with Gasteiger partial charge in [0.05, 0.1) is 0 Å².